The quantitative estimate of drug-likeness (QED) is 0.612. The summed E-state index contributed by atoms with van der Waals surface area (Å²) in [5.41, 5.74) is 0.391. The van der Waals surface area contributed by atoms with Crippen LogP contribution < -0.4 is 10.9 Å². The number of carbonyl (C=O) groups excluding carboxylic acids is 1. The van der Waals surface area contributed by atoms with Gasteiger partial charge in [-0.05, 0) is 55.2 Å². The van der Waals surface area contributed by atoms with Crippen molar-refractivity contribution < 1.29 is 13.2 Å². The molecule has 1 aliphatic rings. The van der Waals surface area contributed by atoms with Crippen molar-refractivity contribution in [3.8, 4) is 0 Å². The van der Waals surface area contributed by atoms with Crippen molar-refractivity contribution in [1.82, 2.24) is 13.9 Å². The second-order valence-electron chi connectivity index (χ2n) is 8.00. The van der Waals surface area contributed by atoms with Crippen LogP contribution in [0.3, 0.4) is 0 Å². The second kappa shape index (κ2) is 9.01. The van der Waals surface area contributed by atoms with Crippen LogP contribution >= 0.6 is 11.6 Å². The summed E-state index contributed by atoms with van der Waals surface area (Å²) in [4.78, 5) is 29.6. The molecule has 1 aromatic heterocycles. The van der Waals surface area contributed by atoms with Gasteiger partial charge in [0.25, 0.3) is 5.56 Å². The van der Waals surface area contributed by atoms with Gasteiger partial charge in [0.15, 0.2) is 0 Å². The molecule has 0 spiro atoms. The molecule has 8 nitrogen and oxygen atoms in total. The molecule has 2 aromatic carbocycles. The van der Waals surface area contributed by atoms with Gasteiger partial charge in [-0.15, -0.1) is 0 Å². The number of fused-ring (bicyclic) bond motifs is 1. The third kappa shape index (κ3) is 4.69. The molecule has 0 atom stereocenters. The average molecular weight is 475 g/mol. The zero-order valence-corrected chi connectivity index (χ0v) is 19.1. The third-order valence-corrected chi connectivity index (χ3v) is 7.73. The summed E-state index contributed by atoms with van der Waals surface area (Å²) in [5, 5.41) is 3.30. The summed E-state index contributed by atoms with van der Waals surface area (Å²) in [6.07, 6.45) is 2.90. The Hall–Kier alpha value is -2.75. The van der Waals surface area contributed by atoms with Crippen LogP contribution in [-0.4, -0.2) is 41.3 Å². The highest BCUT2D eigenvalue weighted by Gasteiger charge is 2.28. The van der Waals surface area contributed by atoms with E-state index in [0.29, 0.717) is 35.2 Å². The van der Waals surface area contributed by atoms with Crippen LogP contribution in [0.15, 0.2) is 58.5 Å². The average Bonchev–Trinajstić information content (AvgIpc) is 2.76. The number of rotatable bonds is 5. The number of aromatic nitrogens is 2. The number of hydrogen-bond donors (Lipinski definition) is 1. The first-order chi connectivity index (χ1) is 15.2. The van der Waals surface area contributed by atoms with E-state index in [4.69, 9.17) is 11.6 Å². The molecular formula is C22H23ClN4O4S. The van der Waals surface area contributed by atoms with Gasteiger partial charge in [0.1, 0.15) is 6.54 Å². The fourth-order valence-corrected chi connectivity index (χ4v) is 5.39. The second-order valence-corrected chi connectivity index (χ2v) is 10.4. The normalized spacial score (nSPS) is 15.7. The lowest BCUT2D eigenvalue weighted by atomic mass is 10.0. The first-order valence-electron chi connectivity index (χ1n) is 10.3. The summed E-state index contributed by atoms with van der Waals surface area (Å²) >= 11 is 5.92. The van der Waals surface area contributed by atoms with Crippen molar-refractivity contribution >= 4 is 44.1 Å². The van der Waals surface area contributed by atoms with E-state index in [-0.39, 0.29) is 16.8 Å². The van der Waals surface area contributed by atoms with Crippen LogP contribution in [0.2, 0.25) is 5.02 Å². The van der Waals surface area contributed by atoms with Crippen molar-refractivity contribution in [1.29, 1.82) is 0 Å². The van der Waals surface area contributed by atoms with E-state index in [2.05, 4.69) is 17.2 Å². The molecule has 4 rings (SSSR count). The van der Waals surface area contributed by atoms with Gasteiger partial charge in [0, 0.05) is 23.8 Å². The summed E-state index contributed by atoms with van der Waals surface area (Å²) in [5.74, 6) is 0.0641. The monoisotopic (exact) mass is 474 g/mol. The lowest BCUT2D eigenvalue weighted by Gasteiger charge is -2.29. The predicted molar refractivity (Wildman–Crippen MR) is 123 cm³/mol. The molecule has 0 unspecified atom stereocenters. The number of anilines is 1. The number of piperidine rings is 1. The van der Waals surface area contributed by atoms with Crippen molar-refractivity contribution in [3.63, 3.8) is 0 Å². The molecule has 1 N–H and O–H groups in total. The van der Waals surface area contributed by atoms with E-state index < -0.39 is 21.5 Å². The van der Waals surface area contributed by atoms with E-state index in [1.165, 1.54) is 28.8 Å². The molecule has 3 aromatic rings. The molecule has 1 saturated heterocycles. The van der Waals surface area contributed by atoms with E-state index in [1.54, 1.807) is 24.3 Å². The van der Waals surface area contributed by atoms with Crippen molar-refractivity contribution in [3.05, 3.63) is 64.2 Å². The molecule has 10 heteroatoms. The lowest BCUT2D eigenvalue weighted by Crippen LogP contribution is -2.38. The predicted octanol–water partition coefficient (Wildman–Crippen LogP) is 3.11. The van der Waals surface area contributed by atoms with Crippen LogP contribution in [0.25, 0.3) is 10.9 Å². The van der Waals surface area contributed by atoms with E-state index in [9.17, 15) is 18.0 Å². The van der Waals surface area contributed by atoms with Crippen LogP contribution in [0.4, 0.5) is 5.69 Å². The molecule has 1 aliphatic heterocycles. The summed E-state index contributed by atoms with van der Waals surface area (Å²) in [6, 6.07) is 11.0. The molecule has 32 heavy (non-hydrogen) atoms. The minimum Gasteiger partial charge on any atom is -0.324 e. The molecular weight excluding hydrogens is 452 g/mol. The summed E-state index contributed by atoms with van der Waals surface area (Å²) in [6.45, 7) is 2.76. The zero-order valence-electron chi connectivity index (χ0n) is 17.5. The topological polar surface area (TPSA) is 101 Å². The molecule has 0 aliphatic carbocycles. The van der Waals surface area contributed by atoms with Gasteiger partial charge in [0.05, 0.1) is 22.1 Å². The minimum absolute atomic E-state index is 0.0552. The van der Waals surface area contributed by atoms with E-state index in [1.807, 2.05) is 0 Å². The first kappa shape index (κ1) is 22.4. The van der Waals surface area contributed by atoms with E-state index in [0.717, 1.165) is 17.4 Å². The largest absolute Gasteiger partial charge is 0.324 e. The molecule has 1 amide bonds. The Morgan fingerprint density at radius 3 is 2.66 bits per heavy atom. The molecule has 1 fully saturated rings. The third-order valence-electron chi connectivity index (χ3n) is 5.60. The van der Waals surface area contributed by atoms with Crippen LogP contribution in [-0.2, 0) is 21.4 Å². The molecule has 168 valence electrons. The van der Waals surface area contributed by atoms with Gasteiger partial charge in [-0.3, -0.25) is 14.2 Å². The van der Waals surface area contributed by atoms with Gasteiger partial charge in [0.2, 0.25) is 15.9 Å². The van der Waals surface area contributed by atoms with E-state index >= 15 is 0 Å². The lowest BCUT2D eigenvalue weighted by molar-refractivity contribution is -0.116. The maximum absolute atomic E-state index is 13.1. The summed E-state index contributed by atoms with van der Waals surface area (Å²) < 4.78 is 28.7. The molecule has 2 heterocycles. The van der Waals surface area contributed by atoms with Crippen molar-refractivity contribution in [2.24, 2.45) is 5.92 Å². The van der Waals surface area contributed by atoms with Crippen LogP contribution in [0, 0.1) is 5.92 Å². The van der Waals surface area contributed by atoms with Crippen molar-refractivity contribution in [2.45, 2.75) is 31.2 Å². The van der Waals surface area contributed by atoms with Gasteiger partial charge in [-0.1, -0.05) is 24.6 Å². The number of amides is 1. The molecule has 0 bridgehead atoms. The fourth-order valence-electron chi connectivity index (χ4n) is 3.71. The Kier molecular flexibility index (Phi) is 6.32. The molecule has 0 saturated carbocycles. The van der Waals surface area contributed by atoms with Gasteiger partial charge in [-0.25, -0.2) is 13.4 Å². The highest BCUT2D eigenvalue weighted by Crippen LogP contribution is 2.24. The molecule has 0 radical (unpaired) electrons. The Labute approximate surface area is 190 Å². The number of carbonyl (C=O) groups is 1. The maximum atomic E-state index is 13.1. The Balaban J connectivity index is 1.60. The highest BCUT2D eigenvalue weighted by atomic mass is 35.5. The number of nitrogens with zero attached hydrogens (tertiary/aromatic N) is 3. The maximum Gasteiger partial charge on any atom is 0.261 e. The standard InChI is InChI=1S/C22H23ClN4O4S/c1-15-7-9-27(10-8-15)32(30,31)18-5-6-20-19(12-18)22(29)26(14-24-20)13-21(28)25-17-4-2-3-16(23)11-17/h2-6,11-12,14-15H,7-10,13H2,1H3,(H,25,28). The number of sulfonamides is 1. The Morgan fingerprint density at radius 2 is 1.94 bits per heavy atom. The number of halogens is 1. The van der Waals surface area contributed by atoms with Gasteiger partial charge < -0.3 is 5.32 Å². The zero-order chi connectivity index (χ0) is 22.9. The first-order valence-corrected chi connectivity index (χ1v) is 12.1. The Bertz CT molecular complexity index is 1330. The minimum atomic E-state index is -3.71. The Morgan fingerprint density at radius 1 is 1.19 bits per heavy atom. The summed E-state index contributed by atoms with van der Waals surface area (Å²) in [7, 11) is -3.71. The van der Waals surface area contributed by atoms with Crippen LogP contribution in [0.5, 0.6) is 0 Å². The van der Waals surface area contributed by atoms with Crippen molar-refractivity contribution in [2.75, 3.05) is 18.4 Å². The van der Waals surface area contributed by atoms with Gasteiger partial charge >= 0.3 is 0 Å². The van der Waals surface area contributed by atoms with Gasteiger partial charge in [-0.2, -0.15) is 4.31 Å². The van der Waals surface area contributed by atoms with Crippen LogP contribution in [0.1, 0.15) is 19.8 Å². The number of nitrogens with one attached hydrogen (secondary N) is 1. The number of benzene rings is 2. The highest BCUT2D eigenvalue weighted by molar-refractivity contribution is 7.89. The fraction of sp³-hybridized carbons (Fsp3) is 0.318. The SMILES string of the molecule is CC1CCN(S(=O)(=O)c2ccc3ncn(CC(=O)Nc4cccc(Cl)c4)c(=O)c3c2)CC1. The number of hydrogen-bond acceptors (Lipinski definition) is 5. The smallest absolute Gasteiger partial charge is 0.261 e.